The van der Waals surface area contributed by atoms with Crippen LogP contribution in [0.5, 0.6) is 0 Å². The Balaban J connectivity index is 2.17. The lowest BCUT2D eigenvalue weighted by molar-refractivity contribution is -0.146. The van der Waals surface area contributed by atoms with Crippen LogP contribution in [0.15, 0.2) is 11.1 Å². The molecule has 2 aliphatic carbocycles. The Hall–Kier alpha value is -1.12. The maximum absolute atomic E-state index is 12.0. The minimum Gasteiger partial charge on any atom is -0.465 e. The van der Waals surface area contributed by atoms with E-state index in [1.807, 2.05) is 6.92 Å². The fourth-order valence-electron chi connectivity index (χ4n) is 3.71. The number of allylic oxidation sites excluding steroid dienone is 1. The molecule has 1 saturated carbocycles. The molecule has 0 aromatic heterocycles. The molecule has 2 atom stereocenters. The monoisotopic (exact) mass is 220 g/mol. The number of rotatable bonds is 0. The largest absolute Gasteiger partial charge is 0.465 e. The number of ketones is 1. The van der Waals surface area contributed by atoms with Crippen molar-refractivity contribution in [2.75, 3.05) is 6.61 Å². The average molecular weight is 220 g/mol. The van der Waals surface area contributed by atoms with Gasteiger partial charge in [-0.3, -0.25) is 9.59 Å². The summed E-state index contributed by atoms with van der Waals surface area (Å²) in [5, 5.41) is 0. The molecule has 0 radical (unpaired) electrons. The van der Waals surface area contributed by atoms with Crippen LogP contribution in [0.4, 0.5) is 0 Å². The van der Waals surface area contributed by atoms with Gasteiger partial charge < -0.3 is 4.74 Å². The molecule has 3 heteroatoms. The third-order valence-electron chi connectivity index (χ3n) is 4.61. The summed E-state index contributed by atoms with van der Waals surface area (Å²) < 4.78 is 5.26. The molecule has 3 rings (SSSR count). The molecule has 3 nitrogen and oxygen atoms in total. The molecule has 0 N–H and O–H groups in total. The smallest absolute Gasteiger partial charge is 0.316 e. The van der Waals surface area contributed by atoms with Crippen molar-refractivity contribution < 1.29 is 14.3 Å². The highest BCUT2D eigenvalue weighted by molar-refractivity contribution is 6.00. The van der Waals surface area contributed by atoms with Crippen molar-refractivity contribution in [3.8, 4) is 0 Å². The van der Waals surface area contributed by atoms with Crippen LogP contribution in [0.3, 0.4) is 0 Å². The summed E-state index contributed by atoms with van der Waals surface area (Å²) in [6, 6.07) is 0. The fraction of sp³-hybridized carbons (Fsp3) is 0.692. The Morgan fingerprint density at radius 1 is 1.31 bits per heavy atom. The van der Waals surface area contributed by atoms with Crippen LogP contribution in [0, 0.1) is 11.3 Å². The molecule has 0 bridgehead atoms. The minimum atomic E-state index is -0.407. The third-order valence-corrected chi connectivity index (χ3v) is 4.61. The number of esters is 1. The van der Waals surface area contributed by atoms with Crippen molar-refractivity contribution >= 4 is 11.8 Å². The number of hydrogen-bond donors (Lipinski definition) is 0. The van der Waals surface area contributed by atoms with Gasteiger partial charge in [-0.1, -0.05) is 0 Å². The summed E-state index contributed by atoms with van der Waals surface area (Å²) >= 11 is 0. The van der Waals surface area contributed by atoms with Crippen LogP contribution < -0.4 is 0 Å². The number of cyclic esters (lactones) is 1. The number of Topliss-reactive ketones (excluding diaryl/α,β-unsaturated/α-hetero) is 1. The average Bonchev–Trinajstić information content (AvgIpc) is 2.62. The second-order valence-corrected chi connectivity index (χ2v) is 5.19. The topological polar surface area (TPSA) is 43.4 Å². The van der Waals surface area contributed by atoms with E-state index in [0.717, 1.165) is 30.4 Å². The molecule has 1 aliphatic heterocycles. The number of carbonyl (C=O) groups excluding carboxylic acids is 2. The Kier molecular flexibility index (Phi) is 2.00. The molecule has 1 saturated heterocycles. The lowest BCUT2D eigenvalue weighted by Gasteiger charge is -2.41. The molecule has 16 heavy (non-hydrogen) atoms. The SMILES string of the molecule is CC1=C2CCC[C@@H]3COC(=O)[C@@]23CCC1=O. The van der Waals surface area contributed by atoms with Gasteiger partial charge in [0.15, 0.2) is 5.78 Å². The van der Waals surface area contributed by atoms with Crippen LogP contribution in [0.25, 0.3) is 0 Å². The van der Waals surface area contributed by atoms with Crippen molar-refractivity contribution in [3.05, 3.63) is 11.1 Å². The molecule has 2 fully saturated rings. The Labute approximate surface area is 94.8 Å². The lowest BCUT2D eigenvalue weighted by atomic mass is 9.58. The van der Waals surface area contributed by atoms with Crippen LogP contribution in [0.2, 0.25) is 0 Å². The predicted octanol–water partition coefficient (Wildman–Crippen LogP) is 2.01. The zero-order valence-electron chi connectivity index (χ0n) is 9.54. The van der Waals surface area contributed by atoms with Gasteiger partial charge in [0.25, 0.3) is 0 Å². The van der Waals surface area contributed by atoms with E-state index in [1.165, 1.54) is 0 Å². The van der Waals surface area contributed by atoms with E-state index in [9.17, 15) is 9.59 Å². The van der Waals surface area contributed by atoms with Crippen molar-refractivity contribution in [3.63, 3.8) is 0 Å². The highest BCUT2D eigenvalue weighted by Crippen LogP contribution is 2.55. The first-order valence-electron chi connectivity index (χ1n) is 6.07. The number of hydrogen-bond acceptors (Lipinski definition) is 3. The van der Waals surface area contributed by atoms with E-state index >= 15 is 0 Å². The summed E-state index contributed by atoms with van der Waals surface area (Å²) in [5.41, 5.74) is 1.54. The van der Waals surface area contributed by atoms with E-state index in [4.69, 9.17) is 4.74 Å². The van der Waals surface area contributed by atoms with Crippen molar-refractivity contribution in [2.45, 2.75) is 39.0 Å². The maximum Gasteiger partial charge on any atom is 0.316 e. The molecule has 3 aliphatic rings. The summed E-state index contributed by atoms with van der Waals surface area (Å²) in [7, 11) is 0. The molecule has 0 unspecified atom stereocenters. The number of ether oxygens (including phenoxy) is 1. The molecule has 0 aromatic carbocycles. The van der Waals surface area contributed by atoms with E-state index in [-0.39, 0.29) is 11.8 Å². The maximum atomic E-state index is 12.0. The molecule has 86 valence electrons. The summed E-state index contributed by atoms with van der Waals surface area (Å²) in [4.78, 5) is 23.8. The van der Waals surface area contributed by atoms with Gasteiger partial charge in [-0.15, -0.1) is 0 Å². The van der Waals surface area contributed by atoms with Gasteiger partial charge in [-0.2, -0.15) is 0 Å². The van der Waals surface area contributed by atoms with Crippen molar-refractivity contribution in [1.29, 1.82) is 0 Å². The zero-order chi connectivity index (χ0) is 11.3. The number of carbonyl (C=O) groups is 2. The Morgan fingerprint density at radius 3 is 2.94 bits per heavy atom. The third kappa shape index (κ3) is 1.04. The molecule has 0 aromatic rings. The fourth-order valence-corrected chi connectivity index (χ4v) is 3.71. The standard InChI is InChI=1S/C13H16O3/c1-8-10-4-2-3-9-7-16-12(15)13(9,10)6-5-11(8)14/h9H,2-7H2,1H3/t9-,13-/m1/s1. The van der Waals surface area contributed by atoms with Crippen LogP contribution in [0.1, 0.15) is 39.0 Å². The van der Waals surface area contributed by atoms with Gasteiger partial charge in [0.1, 0.15) is 0 Å². The van der Waals surface area contributed by atoms with Crippen molar-refractivity contribution in [1.82, 2.24) is 0 Å². The molecule has 1 spiro atoms. The first kappa shape index (κ1) is 10.1. The van der Waals surface area contributed by atoms with E-state index in [2.05, 4.69) is 0 Å². The summed E-state index contributed by atoms with van der Waals surface area (Å²) in [5.74, 6) is 0.479. The Bertz CT molecular complexity index is 407. The molecular formula is C13H16O3. The van der Waals surface area contributed by atoms with E-state index < -0.39 is 5.41 Å². The van der Waals surface area contributed by atoms with Gasteiger partial charge in [0, 0.05) is 12.3 Å². The van der Waals surface area contributed by atoms with Crippen LogP contribution in [-0.2, 0) is 14.3 Å². The molecule has 0 amide bonds. The summed E-state index contributed by atoms with van der Waals surface area (Å²) in [6.45, 7) is 2.44. The second-order valence-electron chi connectivity index (χ2n) is 5.19. The van der Waals surface area contributed by atoms with E-state index in [0.29, 0.717) is 25.4 Å². The quantitative estimate of drug-likeness (QED) is 0.586. The van der Waals surface area contributed by atoms with Gasteiger partial charge >= 0.3 is 5.97 Å². The molecule has 1 heterocycles. The highest BCUT2D eigenvalue weighted by Gasteiger charge is 2.57. The minimum absolute atomic E-state index is 0.0703. The van der Waals surface area contributed by atoms with Gasteiger partial charge in [-0.05, 0) is 43.8 Å². The highest BCUT2D eigenvalue weighted by atomic mass is 16.5. The van der Waals surface area contributed by atoms with Crippen LogP contribution >= 0.6 is 0 Å². The van der Waals surface area contributed by atoms with Gasteiger partial charge in [0.2, 0.25) is 0 Å². The summed E-state index contributed by atoms with van der Waals surface area (Å²) in [6.07, 6.45) is 4.26. The lowest BCUT2D eigenvalue weighted by Crippen LogP contribution is -2.42. The Morgan fingerprint density at radius 2 is 2.12 bits per heavy atom. The van der Waals surface area contributed by atoms with Crippen LogP contribution in [-0.4, -0.2) is 18.4 Å². The zero-order valence-corrected chi connectivity index (χ0v) is 9.54. The second kappa shape index (κ2) is 3.19. The molecular weight excluding hydrogens is 204 g/mol. The van der Waals surface area contributed by atoms with E-state index in [1.54, 1.807) is 0 Å². The first-order chi connectivity index (χ1) is 7.66. The predicted molar refractivity (Wildman–Crippen MR) is 57.7 cm³/mol. The van der Waals surface area contributed by atoms with Gasteiger partial charge in [0.05, 0.1) is 12.0 Å². The van der Waals surface area contributed by atoms with Crippen molar-refractivity contribution in [2.24, 2.45) is 11.3 Å². The first-order valence-corrected chi connectivity index (χ1v) is 6.07. The normalized spacial score (nSPS) is 38.2. The van der Waals surface area contributed by atoms with Gasteiger partial charge in [-0.25, -0.2) is 0 Å².